The van der Waals surface area contributed by atoms with E-state index >= 15 is 0 Å². The molecule has 0 saturated carbocycles. The molecule has 2 aromatic carbocycles. The zero-order valence-electron chi connectivity index (χ0n) is 16.1. The Morgan fingerprint density at radius 1 is 0.967 bits per heavy atom. The van der Waals surface area contributed by atoms with Crippen LogP contribution in [-0.4, -0.2) is 35.6 Å². The molecule has 0 bridgehead atoms. The number of hydrogen-bond donors (Lipinski definition) is 3. The average molecular weight is 414 g/mol. The zero-order valence-corrected chi connectivity index (χ0v) is 16.9. The van der Waals surface area contributed by atoms with Crippen molar-refractivity contribution < 1.29 is 4.21 Å². The lowest BCUT2D eigenvalue weighted by Crippen LogP contribution is -1.96. The topological polar surface area (TPSA) is 99.3 Å². The van der Waals surface area contributed by atoms with Crippen molar-refractivity contribution in [2.45, 2.75) is 5.03 Å². The van der Waals surface area contributed by atoms with Crippen LogP contribution in [0.3, 0.4) is 0 Å². The number of nitrogens with one attached hydrogen (secondary N) is 3. The van der Waals surface area contributed by atoms with Gasteiger partial charge in [-0.25, -0.2) is 9.97 Å². The van der Waals surface area contributed by atoms with E-state index in [-0.39, 0.29) is 0 Å². The highest BCUT2D eigenvalue weighted by Gasteiger charge is 2.08. The Kier molecular flexibility index (Phi) is 4.61. The van der Waals surface area contributed by atoms with Crippen LogP contribution in [-0.2, 0) is 10.8 Å². The molecule has 0 amide bonds. The normalized spacial score (nSPS) is 12.2. The van der Waals surface area contributed by atoms with Gasteiger partial charge in [-0.2, -0.15) is 5.10 Å². The molecule has 0 spiro atoms. The first-order valence-corrected chi connectivity index (χ1v) is 10.9. The Hall–Kier alpha value is -3.78. The fourth-order valence-electron chi connectivity index (χ4n) is 3.26. The summed E-state index contributed by atoms with van der Waals surface area (Å²) in [6, 6.07) is 17.7. The predicted molar refractivity (Wildman–Crippen MR) is 119 cm³/mol. The van der Waals surface area contributed by atoms with E-state index in [9.17, 15) is 4.21 Å². The van der Waals surface area contributed by atoms with Crippen molar-refractivity contribution in [3.8, 4) is 22.5 Å². The molecule has 0 radical (unpaired) electrons. The largest absolute Gasteiger partial charge is 0.348 e. The van der Waals surface area contributed by atoms with E-state index in [4.69, 9.17) is 0 Å². The van der Waals surface area contributed by atoms with Crippen LogP contribution >= 0.6 is 0 Å². The van der Waals surface area contributed by atoms with Crippen molar-refractivity contribution in [2.24, 2.45) is 0 Å². The minimum Gasteiger partial charge on any atom is -0.348 e. The predicted octanol–water partition coefficient (Wildman–Crippen LogP) is 4.50. The van der Waals surface area contributed by atoms with Crippen LogP contribution in [0.5, 0.6) is 0 Å². The smallest absolute Gasteiger partial charge is 0.161 e. The van der Waals surface area contributed by atoms with E-state index in [0.29, 0.717) is 16.7 Å². The van der Waals surface area contributed by atoms with E-state index < -0.39 is 10.8 Å². The van der Waals surface area contributed by atoms with Gasteiger partial charge in [0.05, 0.1) is 17.0 Å². The molecule has 30 heavy (non-hydrogen) atoms. The summed E-state index contributed by atoms with van der Waals surface area (Å²) >= 11 is 0. The zero-order chi connectivity index (χ0) is 20.5. The molecular weight excluding hydrogens is 396 g/mol. The Balaban J connectivity index is 1.40. The van der Waals surface area contributed by atoms with Gasteiger partial charge in [-0.1, -0.05) is 24.3 Å². The lowest BCUT2D eigenvalue weighted by molar-refractivity contribution is 0.685. The van der Waals surface area contributed by atoms with Crippen molar-refractivity contribution >= 4 is 33.2 Å². The van der Waals surface area contributed by atoms with Crippen LogP contribution in [0, 0.1) is 0 Å². The number of aromatic nitrogens is 5. The number of hydrogen-bond acceptors (Lipinski definition) is 5. The van der Waals surface area contributed by atoms with Crippen LogP contribution in [0.2, 0.25) is 0 Å². The minimum atomic E-state index is -1.05. The average Bonchev–Trinajstić information content (AvgIpc) is 3.44. The maximum atomic E-state index is 11.7. The van der Waals surface area contributed by atoms with Crippen LogP contribution in [0.25, 0.3) is 33.4 Å². The summed E-state index contributed by atoms with van der Waals surface area (Å²) in [5, 5.41) is 11.8. The summed E-state index contributed by atoms with van der Waals surface area (Å²) in [5.74, 6) is 1.32. The van der Waals surface area contributed by atoms with Crippen LogP contribution in [0.1, 0.15) is 0 Å². The molecule has 1 atom stereocenters. The van der Waals surface area contributed by atoms with Gasteiger partial charge in [-0.05, 0) is 35.9 Å². The first-order chi connectivity index (χ1) is 14.7. The quantitative estimate of drug-likeness (QED) is 0.393. The molecule has 0 saturated heterocycles. The highest BCUT2D eigenvalue weighted by molar-refractivity contribution is 7.84. The second-order valence-corrected chi connectivity index (χ2v) is 8.19. The van der Waals surface area contributed by atoms with Crippen molar-refractivity contribution in [1.82, 2.24) is 25.1 Å². The van der Waals surface area contributed by atoms with Crippen molar-refractivity contribution in [2.75, 3.05) is 11.6 Å². The van der Waals surface area contributed by atoms with Crippen molar-refractivity contribution in [1.29, 1.82) is 0 Å². The van der Waals surface area contributed by atoms with Crippen LogP contribution in [0.15, 0.2) is 78.2 Å². The molecule has 8 heteroatoms. The summed E-state index contributed by atoms with van der Waals surface area (Å²) in [6.07, 6.45) is 7.05. The third-order valence-corrected chi connectivity index (χ3v) is 5.65. The molecule has 0 fully saturated rings. The fourth-order valence-corrected chi connectivity index (χ4v) is 3.81. The summed E-state index contributed by atoms with van der Waals surface area (Å²) < 4.78 is 11.7. The molecule has 3 N–H and O–H groups in total. The van der Waals surface area contributed by atoms with Crippen molar-refractivity contribution in [3.05, 3.63) is 73.2 Å². The fraction of sp³-hybridized carbons (Fsp3) is 0.0455. The number of H-pyrrole nitrogens is 2. The van der Waals surface area contributed by atoms with Crippen LogP contribution in [0.4, 0.5) is 11.5 Å². The molecule has 7 nitrogen and oxygen atoms in total. The van der Waals surface area contributed by atoms with Gasteiger partial charge in [0.25, 0.3) is 0 Å². The number of anilines is 2. The van der Waals surface area contributed by atoms with E-state index in [1.54, 1.807) is 18.6 Å². The van der Waals surface area contributed by atoms with E-state index in [1.807, 2.05) is 60.8 Å². The van der Waals surface area contributed by atoms with E-state index in [2.05, 4.69) is 30.5 Å². The lowest BCUT2D eigenvalue weighted by atomic mass is 10.1. The molecule has 0 aliphatic heterocycles. The van der Waals surface area contributed by atoms with Gasteiger partial charge in [-0.3, -0.25) is 9.31 Å². The number of benzene rings is 2. The first-order valence-electron chi connectivity index (χ1n) is 9.31. The second kappa shape index (κ2) is 7.57. The highest BCUT2D eigenvalue weighted by atomic mass is 32.2. The third kappa shape index (κ3) is 3.60. The summed E-state index contributed by atoms with van der Waals surface area (Å²) in [5.41, 5.74) is 4.86. The highest BCUT2D eigenvalue weighted by Crippen LogP contribution is 2.25. The molecule has 1 unspecified atom stereocenters. The second-order valence-electron chi connectivity index (χ2n) is 6.84. The summed E-state index contributed by atoms with van der Waals surface area (Å²) in [6.45, 7) is 0. The summed E-state index contributed by atoms with van der Waals surface area (Å²) in [4.78, 5) is 12.3. The molecular formula is C22H18N6OS. The van der Waals surface area contributed by atoms with Gasteiger partial charge < -0.3 is 10.3 Å². The number of aromatic amines is 2. The van der Waals surface area contributed by atoms with Crippen molar-refractivity contribution in [3.63, 3.8) is 0 Å². The van der Waals surface area contributed by atoms with Gasteiger partial charge in [0.1, 0.15) is 10.8 Å². The summed E-state index contributed by atoms with van der Waals surface area (Å²) in [7, 11) is -1.05. The van der Waals surface area contributed by atoms with Gasteiger partial charge >= 0.3 is 0 Å². The Labute approximate surface area is 175 Å². The molecule has 5 aromatic rings. The standard InChI is InChI=1S/C22H18N6OS/c1-30(29)21-11-15-2-3-16(10-19(15)27-21)22-23-9-8-20(28-22)26-18-6-4-14(5-7-18)17-12-24-25-13-17/h2-13,27H,1H3,(H,24,25)(H,23,26,28). The molecule has 0 aliphatic carbocycles. The molecule has 148 valence electrons. The Morgan fingerprint density at radius 3 is 2.57 bits per heavy atom. The molecule has 3 aromatic heterocycles. The van der Waals surface area contributed by atoms with Gasteiger partial charge in [0, 0.05) is 46.4 Å². The minimum absolute atomic E-state index is 0.616. The van der Waals surface area contributed by atoms with E-state index in [1.165, 1.54) is 0 Å². The number of nitrogens with zero attached hydrogens (tertiary/aromatic N) is 3. The van der Waals surface area contributed by atoms with Gasteiger partial charge in [0.15, 0.2) is 5.82 Å². The third-order valence-electron chi connectivity index (χ3n) is 4.81. The Bertz CT molecular complexity index is 1340. The van der Waals surface area contributed by atoms with E-state index in [0.717, 1.165) is 33.3 Å². The Morgan fingerprint density at radius 2 is 1.80 bits per heavy atom. The number of fused-ring (bicyclic) bond motifs is 1. The molecule has 3 heterocycles. The maximum Gasteiger partial charge on any atom is 0.161 e. The maximum absolute atomic E-state index is 11.7. The monoisotopic (exact) mass is 414 g/mol. The van der Waals surface area contributed by atoms with Gasteiger partial charge in [0.2, 0.25) is 0 Å². The molecule has 0 aliphatic rings. The van der Waals surface area contributed by atoms with Gasteiger partial charge in [-0.15, -0.1) is 0 Å². The van der Waals surface area contributed by atoms with Crippen LogP contribution < -0.4 is 5.32 Å². The first kappa shape index (κ1) is 18.3. The molecule has 5 rings (SSSR count). The lowest BCUT2D eigenvalue weighted by Gasteiger charge is -2.08. The number of rotatable bonds is 5. The SMILES string of the molecule is CS(=O)c1cc2ccc(-c3nccc(Nc4ccc(-c5cn[nH]c5)cc4)n3)cc2[nH]1.